The molecule has 1 N–H and O–H groups in total. The fraction of sp³-hybridized carbons (Fsp3) is 0.294. The molecule has 7 nitrogen and oxygen atoms in total. The predicted octanol–water partition coefficient (Wildman–Crippen LogP) is 3.59. The molecule has 0 atom stereocenters. The minimum absolute atomic E-state index is 0.0998. The number of carbonyl (C=O) groups is 1. The van der Waals surface area contributed by atoms with Crippen molar-refractivity contribution in [3.63, 3.8) is 0 Å². The van der Waals surface area contributed by atoms with Crippen LogP contribution in [0.15, 0.2) is 35.4 Å². The lowest BCUT2D eigenvalue weighted by Crippen LogP contribution is -2.15. The van der Waals surface area contributed by atoms with E-state index in [4.69, 9.17) is 21.4 Å². The minimum Gasteiger partial charge on any atom is -0.484 e. The summed E-state index contributed by atoms with van der Waals surface area (Å²) in [6.45, 7) is 4.25. The van der Waals surface area contributed by atoms with Crippen LogP contribution in [0.4, 0.5) is 0 Å². The Kier molecular flexibility index (Phi) is 7.11. The van der Waals surface area contributed by atoms with Crippen molar-refractivity contribution >= 4 is 39.1 Å². The van der Waals surface area contributed by atoms with Crippen LogP contribution in [0.1, 0.15) is 26.1 Å². The highest BCUT2D eigenvalue weighted by atomic mass is 35.5. The zero-order valence-corrected chi connectivity index (χ0v) is 15.9. The van der Waals surface area contributed by atoms with Crippen LogP contribution < -0.4 is 9.61 Å². The van der Waals surface area contributed by atoms with Crippen LogP contribution in [0.5, 0.6) is 5.75 Å². The smallest absolute Gasteiger partial charge is 0.308 e. The number of carboxylic acid groups (broad SMARTS) is 1. The first-order valence-corrected chi connectivity index (χ1v) is 9.17. The summed E-state index contributed by atoms with van der Waals surface area (Å²) >= 11 is 7.24. The molecule has 2 heterocycles. The van der Waals surface area contributed by atoms with Gasteiger partial charge >= 0.3 is 10.8 Å². The molecule has 3 aromatic rings. The van der Waals surface area contributed by atoms with Crippen LogP contribution in [0.2, 0.25) is 5.02 Å². The van der Waals surface area contributed by atoms with Gasteiger partial charge in [-0.25, -0.2) is 9.97 Å². The van der Waals surface area contributed by atoms with E-state index in [1.807, 2.05) is 13.8 Å². The van der Waals surface area contributed by atoms with E-state index < -0.39 is 5.97 Å². The van der Waals surface area contributed by atoms with Gasteiger partial charge in [0, 0.05) is 25.0 Å². The fourth-order valence-electron chi connectivity index (χ4n) is 2.14. The zero-order chi connectivity index (χ0) is 19.1. The van der Waals surface area contributed by atoms with E-state index in [9.17, 15) is 9.59 Å². The monoisotopic (exact) mass is 395 g/mol. The molecule has 0 radical (unpaired) electrons. The molecular weight excluding hydrogens is 378 g/mol. The molecule has 0 fully saturated rings. The molecule has 0 aliphatic carbocycles. The Morgan fingerprint density at radius 3 is 2.65 bits per heavy atom. The second kappa shape index (κ2) is 9.30. The number of aromatic nitrogens is 3. The molecule has 0 saturated carbocycles. The van der Waals surface area contributed by atoms with E-state index in [0.29, 0.717) is 26.8 Å². The normalized spacial score (nSPS) is 10.3. The van der Waals surface area contributed by atoms with Gasteiger partial charge in [0.15, 0.2) is 5.82 Å². The zero-order valence-electron chi connectivity index (χ0n) is 14.3. The van der Waals surface area contributed by atoms with Gasteiger partial charge in [-0.1, -0.05) is 36.8 Å². The van der Waals surface area contributed by atoms with Crippen molar-refractivity contribution in [2.75, 3.05) is 0 Å². The number of hydrogen-bond donors (Lipinski definition) is 1. The van der Waals surface area contributed by atoms with Crippen LogP contribution in [-0.2, 0) is 17.9 Å². The fourth-order valence-corrected chi connectivity index (χ4v) is 3.28. The third-order valence-corrected chi connectivity index (χ3v) is 4.48. The molecule has 0 aliphatic heterocycles. The third kappa shape index (κ3) is 4.80. The molecule has 3 rings (SSSR count). The number of aliphatic carboxylic acids is 1. The second-order valence-corrected chi connectivity index (χ2v) is 6.27. The molecule has 9 heteroatoms. The molecule has 0 aliphatic rings. The number of thiazole rings is 1. The molecular formula is C17H18ClN3O4S. The van der Waals surface area contributed by atoms with Crippen LogP contribution in [-0.4, -0.2) is 25.6 Å². The number of fused-ring (bicyclic) bond motifs is 1. The number of benzene rings is 1. The first-order chi connectivity index (χ1) is 12.5. The Morgan fingerprint density at radius 1 is 1.31 bits per heavy atom. The maximum atomic E-state index is 12.0. The van der Waals surface area contributed by atoms with Crippen LogP contribution in [0.25, 0.3) is 10.2 Å². The van der Waals surface area contributed by atoms with Crippen LogP contribution in [0, 0.1) is 0 Å². The average Bonchev–Trinajstić information content (AvgIpc) is 2.94. The second-order valence-electron chi connectivity index (χ2n) is 4.87. The molecule has 1 aromatic carbocycles. The van der Waals surface area contributed by atoms with Gasteiger partial charge < -0.3 is 9.84 Å². The maximum absolute atomic E-state index is 12.0. The van der Waals surface area contributed by atoms with Crippen molar-refractivity contribution in [3.8, 4) is 5.75 Å². The minimum atomic E-state index is -0.963. The van der Waals surface area contributed by atoms with Crippen LogP contribution >= 0.6 is 22.9 Å². The topological polar surface area (TPSA) is 94.3 Å². The summed E-state index contributed by atoms with van der Waals surface area (Å²) in [5.41, 5.74) is 0.597. The van der Waals surface area contributed by atoms with Gasteiger partial charge in [0.25, 0.3) is 0 Å². The number of ether oxygens (including phenoxy) is 1. The average molecular weight is 396 g/mol. The number of halogens is 1. The summed E-state index contributed by atoms with van der Waals surface area (Å²) in [6.07, 6.45) is 3.10. The Morgan fingerprint density at radius 2 is 2.00 bits per heavy atom. The number of hydrogen-bond acceptors (Lipinski definition) is 6. The van der Waals surface area contributed by atoms with E-state index in [1.54, 1.807) is 30.6 Å². The number of nitrogens with zero attached hydrogens (tertiary/aromatic N) is 3. The van der Waals surface area contributed by atoms with Crippen molar-refractivity contribution < 1.29 is 14.6 Å². The van der Waals surface area contributed by atoms with Crippen molar-refractivity contribution in [1.29, 1.82) is 0 Å². The summed E-state index contributed by atoms with van der Waals surface area (Å²) in [4.78, 5) is 30.6. The van der Waals surface area contributed by atoms with Gasteiger partial charge in [0.2, 0.25) is 0 Å². The van der Waals surface area contributed by atoms with Gasteiger partial charge in [-0.3, -0.25) is 14.2 Å². The highest BCUT2D eigenvalue weighted by Crippen LogP contribution is 2.32. The van der Waals surface area contributed by atoms with Gasteiger partial charge in [-0.05, 0) is 12.1 Å². The summed E-state index contributed by atoms with van der Waals surface area (Å²) in [6, 6.07) is 4.99. The highest BCUT2D eigenvalue weighted by Gasteiger charge is 2.13. The predicted molar refractivity (Wildman–Crippen MR) is 101 cm³/mol. The number of aryl methyl sites for hydroxylation is 1. The summed E-state index contributed by atoms with van der Waals surface area (Å²) < 4.78 is 7.71. The largest absolute Gasteiger partial charge is 0.484 e. The quantitative estimate of drug-likeness (QED) is 0.685. The Hall–Kier alpha value is -2.45. The summed E-state index contributed by atoms with van der Waals surface area (Å²) in [5, 5.41) is 9.12. The molecule has 0 bridgehead atoms. The molecule has 0 spiro atoms. The van der Waals surface area contributed by atoms with E-state index >= 15 is 0 Å². The first kappa shape index (κ1) is 19.9. The molecule has 138 valence electrons. The maximum Gasteiger partial charge on any atom is 0.308 e. The standard InChI is InChI=1S/C15H12ClN3O4S.C2H6/c16-9-6-10-12(24-15(22)19(10)5-2-14(20)21)7-11(9)23-8-13-17-3-1-4-18-13;1-2/h1,3-4,6-7H,2,5,8H2,(H,20,21);1-2H3. The van der Waals surface area contributed by atoms with Gasteiger partial charge in [0.1, 0.15) is 12.4 Å². The van der Waals surface area contributed by atoms with E-state index in [-0.39, 0.29) is 24.4 Å². The lowest BCUT2D eigenvalue weighted by Gasteiger charge is -2.08. The molecule has 2 aromatic heterocycles. The van der Waals surface area contributed by atoms with E-state index in [0.717, 1.165) is 11.3 Å². The Balaban J connectivity index is 0.00000117. The van der Waals surface area contributed by atoms with Crippen molar-refractivity contribution in [2.45, 2.75) is 33.4 Å². The third-order valence-electron chi connectivity index (χ3n) is 3.25. The number of carboxylic acids is 1. The summed E-state index contributed by atoms with van der Waals surface area (Å²) in [5.74, 6) is -0.0284. The van der Waals surface area contributed by atoms with Crippen LogP contribution in [0.3, 0.4) is 0 Å². The van der Waals surface area contributed by atoms with Gasteiger partial charge in [-0.2, -0.15) is 0 Å². The van der Waals surface area contributed by atoms with Crippen molar-refractivity contribution in [3.05, 3.63) is 51.1 Å². The van der Waals surface area contributed by atoms with Crippen molar-refractivity contribution in [2.24, 2.45) is 0 Å². The lowest BCUT2D eigenvalue weighted by molar-refractivity contribution is -0.137. The molecule has 0 unspecified atom stereocenters. The SMILES string of the molecule is CC.O=C(O)CCn1c(=O)sc2cc(OCc3ncccn3)c(Cl)cc21. The molecule has 26 heavy (non-hydrogen) atoms. The summed E-state index contributed by atoms with van der Waals surface area (Å²) in [7, 11) is 0. The van der Waals surface area contributed by atoms with Gasteiger partial charge in [-0.15, -0.1) is 0 Å². The Bertz CT molecular complexity index is 940. The van der Waals surface area contributed by atoms with Crippen molar-refractivity contribution in [1.82, 2.24) is 14.5 Å². The van der Waals surface area contributed by atoms with Gasteiger partial charge in [0.05, 0.1) is 21.7 Å². The highest BCUT2D eigenvalue weighted by molar-refractivity contribution is 7.16. The van der Waals surface area contributed by atoms with E-state index in [1.165, 1.54) is 4.57 Å². The first-order valence-electron chi connectivity index (χ1n) is 7.98. The molecule has 0 amide bonds. The molecule has 0 saturated heterocycles. The van der Waals surface area contributed by atoms with E-state index in [2.05, 4.69) is 9.97 Å². The number of rotatable bonds is 6. The Labute approximate surface area is 158 Å². The lowest BCUT2D eigenvalue weighted by atomic mass is 10.3.